The van der Waals surface area contributed by atoms with Gasteiger partial charge in [-0.1, -0.05) is 73.3 Å². The first-order chi connectivity index (χ1) is 22.4. The van der Waals surface area contributed by atoms with Gasteiger partial charge >= 0.3 is 0 Å². The molecule has 9 heteroatoms. The molecule has 0 atom stereocenters. The van der Waals surface area contributed by atoms with Gasteiger partial charge in [0, 0.05) is 28.3 Å². The van der Waals surface area contributed by atoms with Crippen molar-refractivity contribution in [2.45, 2.75) is 13.7 Å². The molecule has 4 nitrogen and oxygen atoms in total. The van der Waals surface area contributed by atoms with Crippen molar-refractivity contribution in [2.24, 2.45) is 0 Å². The molecule has 0 fully saturated rings. The lowest BCUT2D eigenvalue weighted by Crippen LogP contribution is -2.02. The summed E-state index contributed by atoms with van der Waals surface area (Å²) in [5, 5.41) is 0.131. The van der Waals surface area contributed by atoms with E-state index >= 15 is 0 Å². The highest BCUT2D eigenvalue weighted by Gasteiger charge is 2.13. The molecule has 204 valence electrons. The first-order valence-electron chi connectivity index (χ1n) is 15.6. The quantitative estimate of drug-likeness (QED) is 0.141. The van der Waals surface area contributed by atoms with E-state index < -0.39 is 32.1 Å². The molecule has 0 spiro atoms. The summed E-state index contributed by atoms with van der Waals surface area (Å²) in [6.45, 7) is -11.2. The number of hydrogen-bond acceptors (Lipinski definition) is 4. The van der Waals surface area contributed by atoms with Gasteiger partial charge in [-0.15, -0.1) is 0 Å². The van der Waals surface area contributed by atoms with Crippen LogP contribution in [-0.2, 0) is 0 Å². The number of carbonyl (C=O) groups excluding carboxylic acids is 2. The Bertz CT molecular complexity index is 1740. The summed E-state index contributed by atoms with van der Waals surface area (Å²) in [6, 6.07) is 23.4. The van der Waals surface area contributed by atoms with Crippen LogP contribution in [0, 0.1) is 0 Å². The van der Waals surface area contributed by atoms with Gasteiger partial charge in [0.25, 0.3) is 5.24 Å². The fourth-order valence-corrected chi connectivity index (χ4v) is 4.09. The topological polar surface area (TPSA) is 52.6 Å². The lowest BCUT2D eigenvalue weighted by molar-refractivity contribution is 0.103. The molecular formula is C30H25Br2Cl3O4. The molecule has 0 radical (unpaired) electrons. The number of benzene rings is 4. The molecule has 0 aromatic heterocycles. The fourth-order valence-electron chi connectivity index (χ4n) is 2.76. The second kappa shape index (κ2) is 17.4. The second-order valence-corrected chi connectivity index (χ2v) is 10.1. The first-order valence-corrected chi connectivity index (χ1v) is 13.3. The Labute approximate surface area is 274 Å². The number of halogens is 5. The predicted octanol–water partition coefficient (Wildman–Crippen LogP) is 10.3. The summed E-state index contributed by atoms with van der Waals surface area (Å²) in [5.74, 6) is -0.103. The Morgan fingerprint density at radius 2 is 1.23 bits per heavy atom. The van der Waals surface area contributed by atoms with Gasteiger partial charge in [-0.25, -0.2) is 0 Å². The number of rotatable bonds is 7. The molecule has 0 saturated carbocycles. The third kappa shape index (κ3) is 11.3. The lowest BCUT2D eigenvalue weighted by Gasteiger charge is -2.06. The normalized spacial score (nSPS) is 15.0. The van der Waals surface area contributed by atoms with E-state index in [1.165, 1.54) is 36.4 Å². The summed E-state index contributed by atoms with van der Waals surface area (Å²) in [5.41, 5.74) is 0.956. The van der Waals surface area contributed by atoms with Gasteiger partial charge < -0.3 is 9.47 Å². The Morgan fingerprint density at radius 1 is 0.744 bits per heavy atom. The molecule has 0 saturated heterocycles. The molecule has 39 heavy (non-hydrogen) atoms. The van der Waals surface area contributed by atoms with Crippen LogP contribution in [0.4, 0.5) is 0 Å². The number of para-hydroxylation sites is 1. The van der Waals surface area contributed by atoms with E-state index in [0.29, 0.717) is 31.2 Å². The summed E-state index contributed by atoms with van der Waals surface area (Å²) < 4.78 is 82.4. The zero-order chi connectivity index (χ0) is 37.4. The monoisotopic (exact) mass is 722 g/mol. The molecule has 0 amide bonds. The van der Waals surface area contributed by atoms with Crippen LogP contribution in [0.1, 0.15) is 53.7 Å². The van der Waals surface area contributed by atoms with Gasteiger partial charge in [-0.05, 0) is 98.1 Å². The van der Waals surface area contributed by atoms with E-state index in [1.807, 2.05) is 0 Å². The largest absolute Gasteiger partial charge is 0.494 e. The number of ketones is 1. The Balaban J connectivity index is 0.000000282. The SMILES string of the molecule is O=C(Cl)c1cc(Br)ccc1Cl.[2H]C([2H])([2H])C([2H])([2H])Oc1ccc(C(=O)c2cc(Br)ccc2Cl)cc1.[2H]C([2H])([2H])C([2H])([2H])Oc1ccccc1. The van der Waals surface area contributed by atoms with E-state index in [1.54, 1.807) is 54.6 Å². The first kappa shape index (κ1) is 20.5. The van der Waals surface area contributed by atoms with Crippen LogP contribution in [0.5, 0.6) is 11.5 Å². The molecule has 0 aliphatic rings. The van der Waals surface area contributed by atoms with E-state index in [2.05, 4.69) is 31.9 Å². The van der Waals surface area contributed by atoms with Crippen molar-refractivity contribution >= 4 is 77.7 Å². The van der Waals surface area contributed by atoms with Crippen molar-refractivity contribution in [1.82, 2.24) is 0 Å². The van der Waals surface area contributed by atoms with Crippen LogP contribution in [0.15, 0.2) is 99.9 Å². The molecule has 0 unspecified atom stereocenters. The third-order valence-corrected chi connectivity index (χ3v) is 6.36. The minimum absolute atomic E-state index is 0.00742. The van der Waals surface area contributed by atoms with E-state index in [-0.39, 0.29) is 17.3 Å². The molecule has 0 aliphatic heterocycles. The number of hydrogen-bond donors (Lipinski definition) is 0. The van der Waals surface area contributed by atoms with Crippen molar-refractivity contribution in [3.63, 3.8) is 0 Å². The summed E-state index contributed by atoms with van der Waals surface area (Å²) >= 11 is 23.4. The average molecular weight is 726 g/mol. The highest BCUT2D eigenvalue weighted by atomic mass is 79.9. The van der Waals surface area contributed by atoms with Crippen molar-refractivity contribution in [3.8, 4) is 11.5 Å². The van der Waals surface area contributed by atoms with Gasteiger partial charge in [0.15, 0.2) is 5.78 Å². The summed E-state index contributed by atoms with van der Waals surface area (Å²) in [4.78, 5) is 23.1. The van der Waals surface area contributed by atoms with Crippen molar-refractivity contribution in [2.75, 3.05) is 13.1 Å². The van der Waals surface area contributed by atoms with E-state index in [0.717, 1.165) is 4.47 Å². The number of ether oxygens (including phenoxy) is 2. The van der Waals surface area contributed by atoms with E-state index in [4.69, 9.17) is 58.0 Å². The van der Waals surface area contributed by atoms with Gasteiger partial charge in [0.1, 0.15) is 11.5 Å². The molecule has 0 N–H and O–H groups in total. The molecule has 4 aromatic carbocycles. The molecule has 0 aliphatic carbocycles. The average Bonchev–Trinajstić information content (AvgIpc) is 2.99. The van der Waals surface area contributed by atoms with Crippen LogP contribution in [0.3, 0.4) is 0 Å². The molecule has 4 rings (SSSR count). The van der Waals surface area contributed by atoms with E-state index in [9.17, 15) is 9.59 Å². The highest BCUT2D eigenvalue weighted by molar-refractivity contribution is 9.10. The maximum absolute atomic E-state index is 12.5. The molecule has 0 heterocycles. The van der Waals surface area contributed by atoms with Crippen LogP contribution >= 0.6 is 66.7 Å². The van der Waals surface area contributed by atoms with Crippen LogP contribution in [0.25, 0.3) is 0 Å². The minimum atomic E-state index is -2.93. The predicted molar refractivity (Wildman–Crippen MR) is 167 cm³/mol. The van der Waals surface area contributed by atoms with Gasteiger partial charge in [-0.2, -0.15) is 0 Å². The smallest absolute Gasteiger partial charge is 0.253 e. The maximum atomic E-state index is 12.5. The molecular weight excluding hydrogens is 690 g/mol. The number of carbonyl (C=O) groups is 2. The van der Waals surface area contributed by atoms with Crippen LogP contribution in [-0.4, -0.2) is 24.1 Å². The van der Waals surface area contributed by atoms with Crippen molar-refractivity contribution in [3.05, 3.63) is 127 Å². The van der Waals surface area contributed by atoms with Crippen LogP contribution in [0.2, 0.25) is 10.0 Å². The molecule has 0 bridgehead atoms. The highest BCUT2D eigenvalue weighted by Crippen LogP contribution is 2.25. The van der Waals surface area contributed by atoms with Gasteiger partial charge in [0.2, 0.25) is 0 Å². The maximum Gasteiger partial charge on any atom is 0.253 e. The van der Waals surface area contributed by atoms with Crippen molar-refractivity contribution < 1.29 is 32.8 Å². The van der Waals surface area contributed by atoms with Crippen molar-refractivity contribution in [1.29, 1.82) is 0 Å². The Hall–Kier alpha value is -2.35. The zero-order valence-corrected chi connectivity index (χ0v) is 25.1. The summed E-state index contributed by atoms with van der Waals surface area (Å²) in [7, 11) is 0. The fraction of sp³-hybridized carbons (Fsp3) is 0.133. The van der Waals surface area contributed by atoms with Crippen LogP contribution < -0.4 is 9.47 Å². The lowest BCUT2D eigenvalue weighted by atomic mass is 10.0. The van der Waals surface area contributed by atoms with Gasteiger partial charge in [0.05, 0.1) is 34.2 Å². The standard InChI is InChI=1S/C15H12BrClO2.C8H10O.C7H3BrCl2O/c1-2-19-12-6-3-10(4-7-12)15(18)13-9-11(16)5-8-14(13)17;1-2-9-8-6-4-3-5-7-8;8-4-1-2-6(9)5(3-4)7(10)11/h3-9H,2H2,1H3;3-7H,2H2,1H3;1-3H/i2*1D3,2D2;. The minimum Gasteiger partial charge on any atom is -0.494 e. The van der Waals surface area contributed by atoms with Gasteiger partial charge in [-0.3, -0.25) is 9.59 Å². The second-order valence-electron chi connectivity index (χ2n) is 7.10. The Morgan fingerprint density at radius 3 is 1.72 bits per heavy atom. The summed E-state index contributed by atoms with van der Waals surface area (Å²) in [6.07, 6.45) is 0. The molecule has 4 aromatic rings. The Kier molecular flexibility index (Phi) is 9.13. The zero-order valence-electron chi connectivity index (χ0n) is 29.7. The third-order valence-electron chi connectivity index (χ3n) is 4.51.